The van der Waals surface area contributed by atoms with E-state index in [-0.39, 0.29) is 0 Å². The molecule has 0 saturated heterocycles. The molecule has 1 atom stereocenters. The molecule has 2 rings (SSSR count). The van der Waals surface area contributed by atoms with Gasteiger partial charge in [0.1, 0.15) is 0 Å². The Labute approximate surface area is 130 Å². The zero-order valence-electron chi connectivity index (χ0n) is 11.6. The van der Waals surface area contributed by atoms with E-state index in [4.69, 9.17) is 23.2 Å². The maximum Gasteiger partial charge on any atom is 0.0991 e. The Kier molecular flexibility index (Phi) is 6.48. The fraction of sp³-hybridized carbons (Fsp3) is 0.733. The Bertz CT molecular complexity index is 385. The SMILES string of the molecule is CCCNC(CCC1CCCC1)c1cc(Cl)sc1Cl. The minimum absolute atomic E-state index is 0.372. The van der Waals surface area contributed by atoms with Crippen molar-refractivity contribution in [3.63, 3.8) is 0 Å². The third-order valence-corrected chi connectivity index (χ3v) is 5.56. The van der Waals surface area contributed by atoms with E-state index in [0.717, 1.165) is 27.6 Å². The molecule has 1 fully saturated rings. The zero-order chi connectivity index (χ0) is 13.7. The first-order valence-electron chi connectivity index (χ1n) is 7.38. The summed E-state index contributed by atoms with van der Waals surface area (Å²) in [6.07, 6.45) is 9.31. The van der Waals surface area contributed by atoms with E-state index in [0.29, 0.717) is 6.04 Å². The lowest BCUT2D eigenvalue weighted by molar-refractivity contribution is 0.412. The molecule has 0 aliphatic heterocycles. The van der Waals surface area contributed by atoms with Gasteiger partial charge in [-0.05, 0) is 37.8 Å². The van der Waals surface area contributed by atoms with Gasteiger partial charge in [0.05, 0.1) is 8.67 Å². The van der Waals surface area contributed by atoms with E-state index in [1.165, 1.54) is 55.4 Å². The summed E-state index contributed by atoms with van der Waals surface area (Å²) in [6, 6.07) is 2.41. The molecule has 4 heteroatoms. The van der Waals surface area contributed by atoms with Gasteiger partial charge in [0.25, 0.3) is 0 Å². The first kappa shape index (κ1) is 15.6. The van der Waals surface area contributed by atoms with Crippen molar-refractivity contribution in [2.24, 2.45) is 5.92 Å². The van der Waals surface area contributed by atoms with Crippen molar-refractivity contribution in [1.82, 2.24) is 5.32 Å². The Hall–Kier alpha value is 0.240. The molecule has 1 N–H and O–H groups in total. The summed E-state index contributed by atoms with van der Waals surface area (Å²) < 4.78 is 1.65. The van der Waals surface area contributed by atoms with Gasteiger partial charge in [-0.2, -0.15) is 0 Å². The molecular weight excluding hydrogens is 297 g/mol. The molecule has 0 aromatic carbocycles. The van der Waals surface area contributed by atoms with Crippen LogP contribution in [0.2, 0.25) is 8.67 Å². The number of thiophene rings is 1. The maximum absolute atomic E-state index is 6.31. The smallest absolute Gasteiger partial charge is 0.0991 e. The predicted molar refractivity (Wildman–Crippen MR) is 86.6 cm³/mol. The van der Waals surface area contributed by atoms with Crippen LogP contribution < -0.4 is 5.32 Å². The first-order chi connectivity index (χ1) is 9.20. The molecule has 108 valence electrons. The average molecular weight is 320 g/mol. The molecule has 1 aliphatic carbocycles. The second-order valence-electron chi connectivity index (χ2n) is 5.51. The topological polar surface area (TPSA) is 12.0 Å². The largest absolute Gasteiger partial charge is 0.310 e. The summed E-state index contributed by atoms with van der Waals surface area (Å²) in [5.74, 6) is 0.929. The highest BCUT2D eigenvalue weighted by atomic mass is 35.5. The highest BCUT2D eigenvalue weighted by Crippen LogP contribution is 2.38. The van der Waals surface area contributed by atoms with Gasteiger partial charge in [-0.1, -0.05) is 55.8 Å². The molecule has 1 nitrogen and oxygen atoms in total. The summed E-state index contributed by atoms with van der Waals surface area (Å²) in [6.45, 7) is 3.24. The fourth-order valence-corrected chi connectivity index (χ4v) is 4.56. The molecule has 0 spiro atoms. The van der Waals surface area contributed by atoms with E-state index in [1.54, 1.807) is 0 Å². The van der Waals surface area contributed by atoms with Gasteiger partial charge in [0.2, 0.25) is 0 Å². The van der Waals surface area contributed by atoms with E-state index < -0.39 is 0 Å². The van der Waals surface area contributed by atoms with E-state index in [2.05, 4.69) is 12.2 Å². The van der Waals surface area contributed by atoms with Crippen LogP contribution in [0, 0.1) is 5.92 Å². The normalized spacial score (nSPS) is 18.1. The van der Waals surface area contributed by atoms with E-state index in [1.807, 2.05) is 6.07 Å². The first-order valence-corrected chi connectivity index (χ1v) is 8.96. The fourth-order valence-electron chi connectivity index (χ4n) is 2.98. The molecule has 0 bridgehead atoms. The van der Waals surface area contributed by atoms with Crippen LogP contribution in [0.15, 0.2) is 6.07 Å². The van der Waals surface area contributed by atoms with Crippen molar-refractivity contribution < 1.29 is 0 Å². The number of halogens is 2. The van der Waals surface area contributed by atoms with Crippen LogP contribution in [0.1, 0.15) is 63.5 Å². The second-order valence-corrected chi connectivity index (χ2v) is 7.80. The number of hydrogen-bond donors (Lipinski definition) is 1. The molecule has 0 amide bonds. The molecule has 1 aromatic rings. The van der Waals surface area contributed by atoms with Gasteiger partial charge < -0.3 is 5.32 Å². The Morgan fingerprint density at radius 1 is 1.37 bits per heavy atom. The van der Waals surface area contributed by atoms with Crippen LogP contribution in [-0.2, 0) is 0 Å². The molecule has 1 saturated carbocycles. The molecule has 0 radical (unpaired) electrons. The highest BCUT2D eigenvalue weighted by Gasteiger charge is 2.20. The van der Waals surface area contributed by atoms with Crippen LogP contribution in [0.3, 0.4) is 0 Å². The lowest BCUT2D eigenvalue weighted by atomic mass is 9.96. The monoisotopic (exact) mass is 319 g/mol. The summed E-state index contributed by atoms with van der Waals surface area (Å²) in [4.78, 5) is 0. The lowest BCUT2D eigenvalue weighted by Gasteiger charge is -2.20. The van der Waals surface area contributed by atoms with Crippen LogP contribution in [-0.4, -0.2) is 6.54 Å². The Morgan fingerprint density at radius 2 is 2.11 bits per heavy atom. The highest BCUT2D eigenvalue weighted by molar-refractivity contribution is 7.20. The Balaban J connectivity index is 1.96. The van der Waals surface area contributed by atoms with Crippen LogP contribution >= 0.6 is 34.5 Å². The number of hydrogen-bond acceptors (Lipinski definition) is 2. The average Bonchev–Trinajstić information content (AvgIpc) is 3.00. The Morgan fingerprint density at radius 3 is 2.68 bits per heavy atom. The van der Waals surface area contributed by atoms with Gasteiger partial charge in [-0.15, -0.1) is 11.3 Å². The molecule has 1 aliphatic rings. The van der Waals surface area contributed by atoms with Gasteiger partial charge in [0, 0.05) is 11.6 Å². The summed E-state index contributed by atoms with van der Waals surface area (Å²) in [5, 5.41) is 3.63. The van der Waals surface area contributed by atoms with Crippen molar-refractivity contribution in [1.29, 1.82) is 0 Å². The van der Waals surface area contributed by atoms with Crippen molar-refractivity contribution in [3.05, 3.63) is 20.3 Å². The van der Waals surface area contributed by atoms with Crippen molar-refractivity contribution in [3.8, 4) is 0 Å². The van der Waals surface area contributed by atoms with E-state index in [9.17, 15) is 0 Å². The molecule has 19 heavy (non-hydrogen) atoms. The van der Waals surface area contributed by atoms with Gasteiger partial charge >= 0.3 is 0 Å². The molecule has 1 unspecified atom stereocenters. The van der Waals surface area contributed by atoms with Crippen molar-refractivity contribution >= 4 is 34.5 Å². The minimum atomic E-state index is 0.372. The van der Waals surface area contributed by atoms with E-state index >= 15 is 0 Å². The predicted octanol–water partition coefficient (Wildman–Crippen LogP) is 6.07. The van der Waals surface area contributed by atoms with Crippen molar-refractivity contribution in [2.75, 3.05) is 6.54 Å². The van der Waals surface area contributed by atoms with Crippen LogP contribution in [0.5, 0.6) is 0 Å². The lowest BCUT2D eigenvalue weighted by Crippen LogP contribution is -2.22. The zero-order valence-corrected chi connectivity index (χ0v) is 13.9. The summed E-state index contributed by atoms with van der Waals surface area (Å²) in [7, 11) is 0. The third kappa shape index (κ3) is 4.63. The van der Waals surface area contributed by atoms with Crippen molar-refractivity contribution in [2.45, 2.75) is 57.9 Å². The summed E-state index contributed by atoms with van der Waals surface area (Å²) >= 11 is 13.9. The molecular formula is C15H23Cl2NS. The molecule has 1 aromatic heterocycles. The van der Waals surface area contributed by atoms with Gasteiger partial charge in [-0.25, -0.2) is 0 Å². The molecule has 1 heterocycles. The summed E-state index contributed by atoms with van der Waals surface area (Å²) in [5.41, 5.74) is 1.20. The minimum Gasteiger partial charge on any atom is -0.310 e. The number of rotatable bonds is 7. The maximum atomic E-state index is 6.31. The van der Waals surface area contributed by atoms with Crippen LogP contribution in [0.4, 0.5) is 0 Å². The van der Waals surface area contributed by atoms with Gasteiger partial charge in [0.15, 0.2) is 0 Å². The third-order valence-electron chi connectivity index (χ3n) is 4.04. The van der Waals surface area contributed by atoms with Crippen LogP contribution in [0.25, 0.3) is 0 Å². The van der Waals surface area contributed by atoms with Gasteiger partial charge in [-0.3, -0.25) is 0 Å². The second kappa shape index (κ2) is 7.87. The quantitative estimate of drug-likeness (QED) is 0.643. The standard InChI is InChI=1S/C15H23Cl2NS/c1-2-9-18-13(8-7-11-5-3-4-6-11)12-10-14(16)19-15(12)17/h10-11,13,18H,2-9H2,1H3. The number of nitrogens with one attached hydrogen (secondary N) is 1.